The summed E-state index contributed by atoms with van der Waals surface area (Å²) in [6.45, 7) is 3.16. The molecule has 8 heteroatoms. The molecule has 1 aromatic heterocycles. The number of nitrogens with one attached hydrogen (secondary N) is 1. The minimum absolute atomic E-state index is 0.0190. The van der Waals surface area contributed by atoms with Gasteiger partial charge < -0.3 is 15.3 Å². The van der Waals surface area contributed by atoms with Gasteiger partial charge in [-0.3, -0.25) is 9.36 Å². The van der Waals surface area contributed by atoms with Crippen LogP contribution in [0.1, 0.15) is 56.0 Å². The minimum Gasteiger partial charge on any atom is -0.465 e. The summed E-state index contributed by atoms with van der Waals surface area (Å²) in [6.07, 6.45) is 5.71. The summed E-state index contributed by atoms with van der Waals surface area (Å²) < 4.78 is 16.5. The molecule has 5 rings (SSSR count). The van der Waals surface area contributed by atoms with Crippen molar-refractivity contribution in [2.45, 2.75) is 51.0 Å². The van der Waals surface area contributed by atoms with Gasteiger partial charge in [0.1, 0.15) is 17.2 Å². The van der Waals surface area contributed by atoms with Crippen LogP contribution < -0.4 is 10.9 Å². The highest BCUT2D eigenvalue weighted by molar-refractivity contribution is 5.82. The molecule has 2 fully saturated rings. The number of halogens is 1. The molecule has 184 valence electrons. The standard InChI is InChI=1S/C27H31FN4O3/c28-21-14-13-18(8-7-17-31-15-5-2-6-16-31)22-24(21)29-25(23(19-11-12-19)30-27(34)35)32(26(22)33)20-9-3-1-4-10-20/h1,3-4,9-10,13-14,19,23,30H,2,5-8,11-12,15-17H2,(H,34,35). The molecule has 0 spiro atoms. The smallest absolute Gasteiger partial charge is 0.405 e. The zero-order chi connectivity index (χ0) is 24.4. The number of likely N-dealkylation sites (tertiary alicyclic amines) is 1. The molecule has 1 saturated carbocycles. The number of nitrogens with zero attached hydrogens (tertiary/aromatic N) is 3. The minimum atomic E-state index is -1.19. The van der Waals surface area contributed by atoms with Crippen LogP contribution in [0.5, 0.6) is 0 Å². The molecule has 0 bridgehead atoms. The normalized spacial score (nSPS) is 17.4. The third kappa shape index (κ3) is 5.07. The van der Waals surface area contributed by atoms with E-state index < -0.39 is 18.0 Å². The molecule has 1 saturated heterocycles. The van der Waals surface area contributed by atoms with Crippen molar-refractivity contribution in [3.63, 3.8) is 0 Å². The van der Waals surface area contributed by atoms with Gasteiger partial charge in [0.25, 0.3) is 5.56 Å². The predicted molar refractivity (Wildman–Crippen MR) is 133 cm³/mol. The van der Waals surface area contributed by atoms with Gasteiger partial charge in [-0.2, -0.15) is 0 Å². The van der Waals surface area contributed by atoms with Crippen LogP contribution in [-0.2, 0) is 6.42 Å². The average molecular weight is 479 g/mol. The van der Waals surface area contributed by atoms with Crippen LogP contribution >= 0.6 is 0 Å². The zero-order valence-corrected chi connectivity index (χ0v) is 19.8. The maximum Gasteiger partial charge on any atom is 0.405 e. The molecule has 1 atom stereocenters. The Bertz CT molecular complexity index is 1270. The Hall–Kier alpha value is -3.26. The summed E-state index contributed by atoms with van der Waals surface area (Å²) in [6, 6.07) is 11.4. The number of piperidine rings is 1. The number of fused-ring (bicyclic) bond motifs is 1. The summed E-state index contributed by atoms with van der Waals surface area (Å²) in [5, 5.41) is 12.3. The Balaban J connectivity index is 1.60. The van der Waals surface area contributed by atoms with E-state index in [1.54, 1.807) is 18.2 Å². The quantitative estimate of drug-likeness (QED) is 0.492. The molecule has 35 heavy (non-hydrogen) atoms. The monoisotopic (exact) mass is 478 g/mol. The third-order valence-corrected chi connectivity index (χ3v) is 7.12. The van der Waals surface area contributed by atoms with Gasteiger partial charge in [-0.15, -0.1) is 0 Å². The van der Waals surface area contributed by atoms with E-state index in [1.165, 1.54) is 29.9 Å². The van der Waals surface area contributed by atoms with Crippen LogP contribution in [0, 0.1) is 11.7 Å². The number of aromatic nitrogens is 2. The summed E-state index contributed by atoms with van der Waals surface area (Å²) in [5.74, 6) is -0.299. The van der Waals surface area contributed by atoms with Crippen LogP contribution in [0.4, 0.5) is 9.18 Å². The summed E-state index contributed by atoms with van der Waals surface area (Å²) in [7, 11) is 0. The maximum absolute atomic E-state index is 15.1. The molecule has 3 aromatic rings. The molecule has 2 N–H and O–H groups in total. The molecule has 7 nitrogen and oxygen atoms in total. The summed E-state index contributed by atoms with van der Waals surface area (Å²) in [5.41, 5.74) is 1.02. The van der Waals surface area contributed by atoms with Crippen LogP contribution in [-0.4, -0.2) is 45.3 Å². The van der Waals surface area contributed by atoms with Gasteiger partial charge in [0.05, 0.1) is 17.1 Å². The molecule has 0 radical (unpaired) electrons. The fourth-order valence-electron chi connectivity index (χ4n) is 5.21. The number of amides is 1. The van der Waals surface area contributed by atoms with Gasteiger partial charge in [-0.25, -0.2) is 14.2 Å². The van der Waals surface area contributed by atoms with E-state index in [9.17, 15) is 14.7 Å². The van der Waals surface area contributed by atoms with Gasteiger partial charge in [0.2, 0.25) is 0 Å². The van der Waals surface area contributed by atoms with E-state index in [1.807, 2.05) is 18.2 Å². The van der Waals surface area contributed by atoms with Crippen molar-refractivity contribution < 1.29 is 14.3 Å². The van der Waals surface area contributed by atoms with Crippen LogP contribution in [0.2, 0.25) is 0 Å². The SMILES string of the molecule is O=C(O)NC(c1nc2c(F)ccc(CCCN3CCCCC3)c2c(=O)n1-c1ccccc1)C1CC1. The Labute approximate surface area is 203 Å². The van der Waals surface area contributed by atoms with Crippen molar-refractivity contribution in [2.24, 2.45) is 5.92 Å². The van der Waals surface area contributed by atoms with Crippen molar-refractivity contribution >= 4 is 17.0 Å². The largest absolute Gasteiger partial charge is 0.465 e. The Morgan fingerprint density at radius 1 is 1.11 bits per heavy atom. The Morgan fingerprint density at radius 2 is 1.86 bits per heavy atom. The van der Waals surface area contributed by atoms with E-state index in [0.29, 0.717) is 12.1 Å². The lowest BCUT2D eigenvalue weighted by molar-refractivity contribution is 0.187. The highest BCUT2D eigenvalue weighted by atomic mass is 19.1. The van der Waals surface area contributed by atoms with Crippen LogP contribution in [0.15, 0.2) is 47.3 Å². The number of aryl methyl sites for hydroxylation is 1. The first kappa shape index (κ1) is 23.5. The first-order valence-electron chi connectivity index (χ1n) is 12.5. The molecule has 2 aliphatic rings. The van der Waals surface area contributed by atoms with Gasteiger partial charge in [0, 0.05) is 0 Å². The molecule has 1 aliphatic heterocycles. The lowest BCUT2D eigenvalue weighted by Gasteiger charge is -2.26. The van der Waals surface area contributed by atoms with Gasteiger partial charge in [0.15, 0.2) is 0 Å². The second-order valence-corrected chi connectivity index (χ2v) is 9.65. The van der Waals surface area contributed by atoms with Gasteiger partial charge in [-0.1, -0.05) is 30.7 Å². The average Bonchev–Trinajstić information content (AvgIpc) is 3.70. The lowest BCUT2D eigenvalue weighted by Crippen LogP contribution is -2.35. The first-order valence-corrected chi connectivity index (χ1v) is 12.5. The van der Waals surface area contributed by atoms with Crippen molar-refractivity contribution in [2.75, 3.05) is 19.6 Å². The second kappa shape index (κ2) is 10.2. The number of benzene rings is 2. The molecular formula is C27H31FN4O3. The zero-order valence-electron chi connectivity index (χ0n) is 19.8. The fourth-order valence-corrected chi connectivity index (χ4v) is 5.21. The van der Waals surface area contributed by atoms with Gasteiger partial charge in [-0.05, 0) is 87.8 Å². The fraction of sp³-hybridized carbons (Fsp3) is 0.444. The van der Waals surface area contributed by atoms with E-state index in [-0.39, 0.29) is 28.2 Å². The maximum atomic E-state index is 15.1. The number of para-hydroxylation sites is 1. The van der Waals surface area contributed by atoms with E-state index in [0.717, 1.165) is 44.5 Å². The third-order valence-electron chi connectivity index (χ3n) is 7.12. The lowest BCUT2D eigenvalue weighted by atomic mass is 10.0. The Kier molecular flexibility index (Phi) is 6.81. The van der Waals surface area contributed by atoms with E-state index in [2.05, 4.69) is 15.2 Å². The highest BCUT2D eigenvalue weighted by Crippen LogP contribution is 2.41. The van der Waals surface area contributed by atoms with Crippen molar-refractivity contribution in [3.8, 4) is 5.69 Å². The molecular weight excluding hydrogens is 447 g/mol. The van der Waals surface area contributed by atoms with E-state index >= 15 is 4.39 Å². The Morgan fingerprint density at radius 3 is 2.54 bits per heavy atom. The molecule has 1 amide bonds. The number of hydrogen-bond donors (Lipinski definition) is 2. The molecule has 1 unspecified atom stereocenters. The molecule has 1 aliphatic carbocycles. The number of carbonyl (C=O) groups is 1. The summed E-state index contributed by atoms with van der Waals surface area (Å²) >= 11 is 0. The number of carboxylic acid groups (broad SMARTS) is 1. The van der Waals surface area contributed by atoms with Crippen molar-refractivity contribution in [1.82, 2.24) is 19.8 Å². The van der Waals surface area contributed by atoms with Crippen LogP contribution in [0.3, 0.4) is 0 Å². The molecule has 2 heterocycles. The van der Waals surface area contributed by atoms with Gasteiger partial charge >= 0.3 is 6.09 Å². The van der Waals surface area contributed by atoms with Crippen molar-refractivity contribution in [1.29, 1.82) is 0 Å². The first-order chi connectivity index (χ1) is 17.0. The van der Waals surface area contributed by atoms with Crippen LogP contribution in [0.25, 0.3) is 16.6 Å². The second-order valence-electron chi connectivity index (χ2n) is 9.65. The highest BCUT2D eigenvalue weighted by Gasteiger charge is 2.37. The van der Waals surface area contributed by atoms with E-state index in [4.69, 9.17) is 0 Å². The number of rotatable bonds is 8. The number of hydrogen-bond acceptors (Lipinski definition) is 4. The predicted octanol–water partition coefficient (Wildman–Crippen LogP) is 4.66. The topological polar surface area (TPSA) is 87.5 Å². The summed E-state index contributed by atoms with van der Waals surface area (Å²) in [4.78, 5) is 32.7. The molecule has 2 aromatic carbocycles. The van der Waals surface area contributed by atoms with Crippen molar-refractivity contribution in [3.05, 3.63) is 70.0 Å².